The van der Waals surface area contributed by atoms with Gasteiger partial charge in [0.15, 0.2) is 6.61 Å². The van der Waals surface area contributed by atoms with Crippen LogP contribution >= 0.6 is 22.7 Å². The number of piperazine rings is 1. The highest BCUT2D eigenvalue weighted by molar-refractivity contribution is 8.06. The lowest BCUT2D eigenvalue weighted by Gasteiger charge is -2.36. The maximum atomic E-state index is 13.1. The van der Waals surface area contributed by atoms with Crippen LogP contribution in [-0.4, -0.2) is 72.0 Å². The Morgan fingerprint density at radius 3 is 2.42 bits per heavy atom. The van der Waals surface area contributed by atoms with E-state index in [4.69, 9.17) is 10.5 Å². The summed E-state index contributed by atoms with van der Waals surface area (Å²) < 4.78 is 58.9. The van der Waals surface area contributed by atoms with Gasteiger partial charge >= 0.3 is 0 Å². The summed E-state index contributed by atoms with van der Waals surface area (Å²) >= 11 is 1.89. The van der Waals surface area contributed by atoms with Crippen molar-refractivity contribution in [2.75, 3.05) is 44.2 Å². The summed E-state index contributed by atoms with van der Waals surface area (Å²) in [6, 6.07) is 17.7. The van der Waals surface area contributed by atoms with E-state index in [1.54, 1.807) is 27.8 Å². The normalized spacial score (nSPS) is 14.2. The van der Waals surface area contributed by atoms with E-state index in [0.717, 1.165) is 51.2 Å². The van der Waals surface area contributed by atoms with Gasteiger partial charge in [-0.05, 0) is 77.3 Å². The minimum Gasteiger partial charge on any atom is -0.484 e. The highest BCUT2D eigenvalue weighted by atomic mass is 32.3. The molecule has 4 heterocycles. The largest absolute Gasteiger partial charge is 0.484 e. The fourth-order valence-electron chi connectivity index (χ4n) is 5.27. The Labute approximate surface area is 269 Å². The van der Waals surface area contributed by atoms with Crippen LogP contribution in [0.1, 0.15) is 5.56 Å². The van der Waals surface area contributed by atoms with E-state index in [1.165, 1.54) is 6.07 Å². The zero-order valence-corrected chi connectivity index (χ0v) is 27.3. The maximum Gasteiger partial charge on any atom is 0.263 e. The van der Waals surface area contributed by atoms with Gasteiger partial charge in [-0.25, -0.2) is 16.8 Å². The molecule has 0 atom stereocenters. The molecule has 1 aliphatic rings. The minimum atomic E-state index is -4.34. The molecule has 6 rings (SSSR count). The second-order valence-electron chi connectivity index (χ2n) is 10.4. The number of aromatic nitrogens is 1. The van der Waals surface area contributed by atoms with Crippen LogP contribution in [0.3, 0.4) is 0 Å². The average molecular weight is 686 g/mol. The van der Waals surface area contributed by atoms with Gasteiger partial charge in [0.2, 0.25) is 0 Å². The molecule has 1 saturated heterocycles. The van der Waals surface area contributed by atoms with Gasteiger partial charge in [0, 0.05) is 54.5 Å². The summed E-state index contributed by atoms with van der Waals surface area (Å²) in [6.45, 7) is 2.84. The number of hydrogen-bond acceptors (Lipinski definition) is 10. The number of amides is 1. The second-order valence-corrected chi connectivity index (χ2v) is 16.3. The molecular weight excluding hydrogens is 655 g/mol. The zero-order chi connectivity index (χ0) is 31.6. The Morgan fingerprint density at radius 1 is 0.933 bits per heavy atom. The van der Waals surface area contributed by atoms with Crippen molar-refractivity contribution in [1.29, 1.82) is 0 Å². The SMILES string of the molecule is NCCc1c[nH]c2ccc(OCC(=O)N3CCN(c4ccc(-c5ccsc5S(=O)(=O)NS(=O)(=O)c5cccs5)cc4)CC3)cc12. The number of benzene rings is 2. The van der Waals surface area contributed by atoms with Gasteiger partial charge in [0.25, 0.3) is 26.0 Å². The van der Waals surface area contributed by atoms with Gasteiger partial charge in [0.05, 0.1) is 0 Å². The second kappa shape index (κ2) is 12.9. The Hall–Kier alpha value is -3.73. The zero-order valence-electron chi connectivity index (χ0n) is 24.0. The average Bonchev–Trinajstić information content (AvgIpc) is 3.82. The molecule has 0 saturated carbocycles. The van der Waals surface area contributed by atoms with Crippen molar-refractivity contribution in [3.63, 3.8) is 0 Å². The molecule has 0 bridgehead atoms. The lowest BCUT2D eigenvalue weighted by molar-refractivity contribution is -0.133. The van der Waals surface area contributed by atoms with Crippen LogP contribution in [0.15, 0.2) is 86.0 Å². The van der Waals surface area contributed by atoms with Crippen LogP contribution in [0.2, 0.25) is 0 Å². The standard InChI is InChI=1S/C30H31N5O6S4/c31-11-9-22-19-32-27-8-7-24(18-26(22)27)41-20-28(36)35-14-12-34(13-15-35)23-5-3-21(4-6-23)25-10-17-43-30(25)45(39,40)33-44(37,38)29-2-1-16-42-29/h1-8,10,16-19,32-33H,9,11-15,20,31H2. The van der Waals surface area contributed by atoms with Crippen LogP contribution in [0.4, 0.5) is 5.69 Å². The number of sulfonamides is 2. The number of carbonyl (C=O) groups excluding carboxylic acids is 1. The number of rotatable bonds is 11. The molecule has 1 fully saturated rings. The number of carbonyl (C=O) groups is 1. The molecule has 11 nitrogen and oxygen atoms in total. The molecule has 2 aromatic carbocycles. The maximum absolute atomic E-state index is 13.1. The van der Waals surface area contributed by atoms with E-state index in [0.29, 0.717) is 49.6 Å². The van der Waals surface area contributed by atoms with Gasteiger partial charge in [0.1, 0.15) is 14.2 Å². The van der Waals surface area contributed by atoms with Crippen LogP contribution in [0.5, 0.6) is 5.75 Å². The summed E-state index contributed by atoms with van der Waals surface area (Å²) in [4.78, 5) is 20.1. The fraction of sp³-hybridized carbons (Fsp3) is 0.233. The number of nitrogens with two attached hydrogens (primary N) is 1. The predicted molar refractivity (Wildman–Crippen MR) is 177 cm³/mol. The molecule has 3 aromatic heterocycles. The van der Waals surface area contributed by atoms with Crippen molar-refractivity contribution in [2.45, 2.75) is 14.8 Å². The molecule has 0 unspecified atom stereocenters. The first kappa shape index (κ1) is 31.3. The molecule has 15 heteroatoms. The summed E-state index contributed by atoms with van der Waals surface area (Å²) in [5.74, 6) is 0.552. The molecule has 236 valence electrons. The van der Waals surface area contributed by atoms with E-state index in [2.05, 4.69) is 9.88 Å². The summed E-state index contributed by atoms with van der Waals surface area (Å²) in [5.41, 5.74) is 9.83. The first-order chi connectivity index (χ1) is 21.6. The summed E-state index contributed by atoms with van der Waals surface area (Å²) in [5, 5.41) is 4.23. The van der Waals surface area contributed by atoms with Crippen molar-refractivity contribution in [3.05, 3.63) is 83.2 Å². The topological polar surface area (TPSA) is 155 Å². The number of hydrogen-bond donors (Lipinski definition) is 3. The third-order valence-corrected chi connectivity index (χ3v) is 13.9. The third-order valence-electron chi connectivity index (χ3n) is 7.54. The van der Waals surface area contributed by atoms with Crippen molar-refractivity contribution in [1.82, 2.24) is 14.0 Å². The molecule has 45 heavy (non-hydrogen) atoms. The third kappa shape index (κ3) is 6.78. The molecular formula is C30H31N5O6S4. The molecule has 1 aliphatic heterocycles. The van der Waals surface area contributed by atoms with Crippen molar-refractivity contribution < 1.29 is 26.4 Å². The van der Waals surface area contributed by atoms with Gasteiger partial charge in [-0.3, -0.25) is 4.79 Å². The van der Waals surface area contributed by atoms with Crippen LogP contribution in [0.25, 0.3) is 22.0 Å². The van der Waals surface area contributed by atoms with E-state index >= 15 is 0 Å². The number of thiophene rings is 2. The molecule has 0 spiro atoms. The van der Waals surface area contributed by atoms with Crippen LogP contribution < -0.4 is 19.5 Å². The monoisotopic (exact) mass is 685 g/mol. The fourth-order valence-corrected chi connectivity index (χ4v) is 10.8. The number of fused-ring (bicyclic) bond motifs is 1. The number of H-pyrrole nitrogens is 1. The summed E-state index contributed by atoms with van der Waals surface area (Å²) in [7, 11) is -8.55. The van der Waals surface area contributed by atoms with Crippen molar-refractivity contribution >= 4 is 65.2 Å². The predicted octanol–water partition coefficient (Wildman–Crippen LogP) is 3.85. The molecule has 0 radical (unpaired) electrons. The lowest BCUT2D eigenvalue weighted by atomic mass is 10.1. The molecule has 4 N–H and O–H groups in total. The molecule has 1 amide bonds. The van der Waals surface area contributed by atoms with Crippen LogP contribution in [-0.2, 0) is 31.3 Å². The van der Waals surface area contributed by atoms with Gasteiger partial charge in [-0.1, -0.05) is 22.3 Å². The highest BCUT2D eigenvalue weighted by Crippen LogP contribution is 2.34. The van der Waals surface area contributed by atoms with Crippen LogP contribution in [0, 0.1) is 0 Å². The smallest absolute Gasteiger partial charge is 0.263 e. The Balaban J connectivity index is 1.05. The first-order valence-electron chi connectivity index (χ1n) is 14.1. The van der Waals surface area contributed by atoms with Gasteiger partial charge in [-0.15, -0.1) is 22.7 Å². The number of anilines is 1. The first-order valence-corrected chi connectivity index (χ1v) is 18.8. The molecule has 0 aliphatic carbocycles. The van der Waals surface area contributed by atoms with Gasteiger partial charge in [-0.2, -0.15) is 0 Å². The van der Waals surface area contributed by atoms with Gasteiger partial charge < -0.3 is 25.3 Å². The Bertz CT molecular complexity index is 2010. The van der Waals surface area contributed by atoms with Crippen molar-refractivity contribution in [3.8, 4) is 16.9 Å². The summed E-state index contributed by atoms with van der Waals surface area (Å²) in [6.07, 6.45) is 2.70. The quantitative estimate of drug-likeness (QED) is 0.190. The Morgan fingerprint density at radius 2 is 1.71 bits per heavy atom. The minimum absolute atomic E-state index is 0.0494. The number of aromatic amines is 1. The molecule has 5 aromatic rings. The van der Waals surface area contributed by atoms with E-state index in [-0.39, 0.29) is 20.9 Å². The van der Waals surface area contributed by atoms with E-state index < -0.39 is 20.0 Å². The number of ether oxygens (including phenoxy) is 1. The highest BCUT2D eigenvalue weighted by Gasteiger charge is 2.29. The van der Waals surface area contributed by atoms with E-state index in [9.17, 15) is 21.6 Å². The van der Waals surface area contributed by atoms with Crippen molar-refractivity contribution in [2.24, 2.45) is 5.73 Å². The van der Waals surface area contributed by atoms with E-state index in [1.807, 2.05) is 52.8 Å². The number of nitrogens with one attached hydrogen (secondary N) is 2. The number of nitrogens with zero attached hydrogens (tertiary/aromatic N) is 2. The Kier molecular flexibility index (Phi) is 8.99. The lowest BCUT2D eigenvalue weighted by Crippen LogP contribution is -2.50.